The summed E-state index contributed by atoms with van der Waals surface area (Å²) in [4.78, 5) is 1.93. The standard InChI is InChI=1S/C13H22N2O3S/c1-4-8-19(16,17)9-7-18-13-10-11(15(2)3)5-6-12(13)14/h5-6,10H,4,7-9,14H2,1-3H3. The van der Waals surface area contributed by atoms with Crippen LogP contribution in [0.15, 0.2) is 18.2 Å². The number of benzene rings is 1. The minimum absolute atomic E-state index is 0.0203. The molecule has 0 aliphatic carbocycles. The monoisotopic (exact) mass is 286 g/mol. The number of sulfone groups is 1. The summed E-state index contributed by atoms with van der Waals surface area (Å²) in [5.41, 5.74) is 7.28. The summed E-state index contributed by atoms with van der Waals surface area (Å²) >= 11 is 0. The molecule has 0 radical (unpaired) electrons. The molecule has 0 spiro atoms. The van der Waals surface area contributed by atoms with Gasteiger partial charge in [-0.2, -0.15) is 0 Å². The summed E-state index contributed by atoms with van der Waals surface area (Å²) in [5, 5.41) is 0. The van der Waals surface area contributed by atoms with Crippen LogP contribution in [0.2, 0.25) is 0 Å². The molecule has 0 saturated heterocycles. The van der Waals surface area contributed by atoms with Crippen LogP contribution in [0.1, 0.15) is 13.3 Å². The highest BCUT2D eigenvalue weighted by Crippen LogP contribution is 2.26. The Hall–Kier alpha value is -1.43. The highest BCUT2D eigenvalue weighted by molar-refractivity contribution is 7.91. The molecule has 0 unspecified atom stereocenters. The van der Waals surface area contributed by atoms with Gasteiger partial charge in [0.2, 0.25) is 0 Å². The summed E-state index contributed by atoms with van der Waals surface area (Å²) in [5.74, 6) is 0.744. The van der Waals surface area contributed by atoms with Crippen molar-refractivity contribution < 1.29 is 13.2 Å². The normalized spacial score (nSPS) is 11.3. The molecule has 0 aromatic heterocycles. The van der Waals surface area contributed by atoms with Crippen molar-refractivity contribution in [3.63, 3.8) is 0 Å². The van der Waals surface area contributed by atoms with E-state index in [-0.39, 0.29) is 18.1 Å². The lowest BCUT2D eigenvalue weighted by Crippen LogP contribution is -2.17. The van der Waals surface area contributed by atoms with Gasteiger partial charge in [-0.25, -0.2) is 8.42 Å². The maximum Gasteiger partial charge on any atom is 0.153 e. The van der Waals surface area contributed by atoms with Gasteiger partial charge in [-0.1, -0.05) is 6.92 Å². The van der Waals surface area contributed by atoms with E-state index >= 15 is 0 Å². The molecular weight excluding hydrogens is 264 g/mol. The van der Waals surface area contributed by atoms with Gasteiger partial charge < -0.3 is 15.4 Å². The van der Waals surface area contributed by atoms with Crippen LogP contribution >= 0.6 is 0 Å². The first-order valence-corrected chi connectivity index (χ1v) is 8.08. The van der Waals surface area contributed by atoms with E-state index in [0.29, 0.717) is 17.9 Å². The Kier molecular flexibility index (Phi) is 5.47. The molecule has 0 atom stereocenters. The van der Waals surface area contributed by atoms with E-state index in [9.17, 15) is 8.42 Å². The van der Waals surface area contributed by atoms with Crippen molar-refractivity contribution in [2.24, 2.45) is 0 Å². The average Bonchev–Trinajstić information content (AvgIpc) is 2.30. The molecule has 0 aliphatic heterocycles. The molecule has 0 fully saturated rings. The summed E-state index contributed by atoms with van der Waals surface area (Å²) < 4.78 is 28.6. The predicted octanol–water partition coefficient (Wildman–Crippen LogP) is 1.54. The molecule has 0 aliphatic rings. The van der Waals surface area contributed by atoms with Gasteiger partial charge in [0.25, 0.3) is 0 Å². The van der Waals surface area contributed by atoms with Crippen molar-refractivity contribution >= 4 is 21.2 Å². The van der Waals surface area contributed by atoms with Crippen LogP contribution in [0.3, 0.4) is 0 Å². The van der Waals surface area contributed by atoms with Crippen LogP contribution in [-0.4, -0.2) is 40.6 Å². The Labute approximate surface area is 115 Å². The highest BCUT2D eigenvalue weighted by atomic mass is 32.2. The Bertz CT molecular complexity index is 513. The van der Waals surface area contributed by atoms with Crippen molar-refractivity contribution in [3.05, 3.63) is 18.2 Å². The number of nitrogens with two attached hydrogens (primary N) is 1. The number of hydrogen-bond acceptors (Lipinski definition) is 5. The van der Waals surface area contributed by atoms with Crippen molar-refractivity contribution in [3.8, 4) is 5.75 Å². The summed E-state index contributed by atoms with van der Waals surface area (Å²) in [6.45, 7) is 1.97. The zero-order valence-electron chi connectivity index (χ0n) is 11.7. The summed E-state index contributed by atoms with van der Waals surface area (Å²) in [6.07, 6.45) is 0.626. The van der Waals surface area contributed by atoms with Crippen molar-refractivity contribution in [1.82, 2.24) is 0 Å². The zero-order chi connectivity index (χ0) is 14.5. The maximum absolute atomic E-state index is 11.6. The second-order valence-corrected chi connectivity index (χ2v) is 6.92. The number of hydrogen-bond donors (Lipinski definition) is 1. The topological polar surface area (TPSA) is 72.6 Å². The van der Waals surface area contributed by atoms with Gasteiger partial charge in [-0.05, 0) is 18.6 Å². The maximum atomic E-state index is 11.6. The molecule has 0 heterocycles. The van der Waals surface area contributed by atoms with Crippen molar-refractivity contribution in [1.29, 1.82) is 0 Å². The molecule has 5 nitrogen and oxygen atoms in total. The third kappa shape index (κ3) is 4.98. The lowest BCUT2D eigenvalue weighted by Gasteiger charge is -2.15. The molecule has 2 N–H and O–H groups in total. The molecule has 19 heavy (non-hydrogen) atoms. The molecule has 1 rings (SSSR count). The molecule has 6 heteroatoms. The van der Waals surface area contributed by atoms with Gasteiger partial charge in [0.15, 0.2) is 9.84 Å². The lowest BCUT2D eigenvalue weighted by molar-refractivity contribution is 0.342. The van der Waals surface area contributed by atoms with Crippen LogP contribution in [-0.2, 0) is 9.84 Å². The number of nitrogen functional groups attached to an aromatic ring is 1. The third-order valence-corrected chi connectivity index (χ3v) is 4.50. The first-order valence-electron chi connectivity index (χ1n) is 6.26. The number of anilines is 2. The van der Waals surface area contributed by atoms with Gasteiger partial charge in [0.1, 0.15) is 12.4 Å². The van der Waals surface area contributed by atoms with E-state index in [4.69, 9.17) is 10.5 Å². The Morgan fingerprint density at radius 2 is 1.95 bits per heavy atom. The molecule has 108 valence electrons. The van der Waals surface area contributed by atoms with Crippen LogP contribution in [0.4, 0.5) is 11.4 Å². The van der Waals surface area contributed by atoms with Gasteiger partial charge in [0, 0.05) is 25.8 Å². The minimum Gasteiger partial charge on any atom is -0.490 e. The van der Waals surface area contributed by atoms with E-state index in [1.165, 1.54) is 0 Å². The smallest absolute Gasteiger partial charge is 0.153 e. The fraction of sp³-hybridized carbons (Fsp3) is 0.538. The Morgan fingerprint density at radius 3 is 2.53 bits per heavy atom. The highest BCUT2D eigenvalue weighted by Gasteiger charge is 2.10. The van der Waals surface area contributed by atoms with E-state index < -0.39 is 9.84 Å². The number of nitrogens with zero attached hydrogens (tertiary/aromatic N) is 1. The van der Waals surface area contributed by atoms with Gasteiger partial charge in [-0.15, -0.1) is 0 Å². The molecular formula is C13H22N2O3S. The third-order valence-electron chi connectivity index (χ3n) is 2.68. The van der Waals surface area contributed by atoms with Crippen molar-refractivity contribution in [2.45, 2.75) is 13.3 Å². The SMILES string of the molecule is CCCS(=O)(=O)CCOc1cc(N(C)C)ccc1N. The van der Waals surface area contributed by atoms with Crippen LogP contribution in [0, 0.1) is 0 Å². The largest absolute Gasteiger partial charge is 0.490 e. The van der Waals surface area contributed by atoms with E-state index in [0.717, 1.165) is 5.69 Å². The van der Waals surface area contributed by atoms with E-state index in [1.54, 1.807) is 6.07 Å². The number of rotatable bonds is 7. The van der Waals surface area contributed by atoms with Gasteiger partial charge in [0.05, 0.1) is 17.2 Å². The first-order chi connectivity index (χ1) is 8.85. The second kappa shape index (κ2) is 6.65. The van der Waals surface area contributed by atoms with Gasteiger partial charge in [-0.3, -0.25) is 0 Å². The van der Waals surface area contributed by atoms with Crippen LogP contribution < -0.4 is 15.4 Å². The van der Waals surface area contributed by atoms with E-state index in [1.807, 2.05) is 38.1 Å². The van der Waals surface area contributed by atoms with Crippen molar-refractivity contribution in [2.75, 3.05) is 42.8 Å². The first kappa shape index (κ1) is 15.6. The molecule has 0 saturated carbocycles. The Morgan fingerprint density at radius 1 is 1.26 bits per heavy atom. The lowest BCUT2D eigenvalue weighted by atomic mass is 10.2. The number of ether oxygens (including phenoxy) is 1. The quantitative estimate of drug-likeness (QED) is 0.770. The summed E-state index contributed by atoms with van der Waals surface area (Å²) in [6, 6.07) is 5.45. The second-order valence-electron chi connectivity index (χ2n) is 4.62. The minimum atomic E-state index is -3.02. The molecule has 0 amide bonds. The molecule has 1 aromatic carbocycles. The zero-order valence-corrected chi connectivity index (χ0v) is 12.5. The fourth-order valence-electron chi connectivity index (χ4n) is 1.62. The molecule has 1 aromatic rings. The Balaban J connectivity index is 2.65. The average molecular weight is 286 g/mol. The molecule has 0 bridgehead atoms. The predicted molar refractivity (Wildman–Crippen MR) is 79.6 cm³/mol. The van der Waals surface area contributed by atoms with Gasteiger partial charge >= 0.3 is 0 Å². The van der Waals surface area contributed by atoms with Crippen LogP contribution in [0.25, 0.3) is 0 Å². The van der Waals surface area contributed by atoms with Crippen LogP contribution in [0.5, 0.6) is 5.75 Å². The van der Waals surface area contributed by atoms with E-state index in [2.05, 4.69) is 0 Å². The fourth-order valence-corrected chi connectivity index (χ4v) is 2.78. The summed E-state index contributed by atoms with van der Waals surface area (Å²) in [7, 11) is 0.818.